The Hall–Kier alpha value is -1.93. The van der Waals surface area contributed by atoms with Crippen LogP contribution in [0.2, 0.25) is 0 Å². The second kappa shape index (κ2) is 18.3. The molecule has 0 bridgehead atoms. The molecule has 2 fully saturated rings. The van der Waals surface area contributed by atoms with Crippen molar-refractivity contribution in [3.63, 3.8) is 0 Å². The Morgan fingerprint density at radius 1 is 1.11 bits per heavy atom. The Morgan fingerprint density at radius 3 is 2.51 bits per heavy atom. The number of rotatable bonds is 14. The average molecular weight is 519 g/mol. The van der Waals surface area contributed by atoms with Gasteiger partial charge in [0.15, 0.2) is 5.82 Å². The Labute approximate surface area is 226 Å². The SMILES string of the molecule is CC.CCCC[C@@H]1/C(=N/Nc2cc(N(CCC)CCC)nc(OCCN3CCOCC3)n2)CCCC1C. The van der Waals surface area contributed by atoms with Gasteiger partial charge in [0.2, 0.25) is 0 Å². The minimum atomic E-state index is 0.426. The third kappa shape index (κ3) is 10.8. The number of nitrogens with one attached hydrogen (secondary N) is 1. The van der Waals surface area contributed by atoms with Crippen LogP contribution in [0.15, 0.2) is 11.2 Å². The van der Waals surface area contributed by atoms with Crippen molar-refractivity contribution >= 4 is 17.3 Å². The zero-order valence-electron chi connectivity index (χ0n) is 24.6. The van der Waals surface area contributed by atoms with Crippen LogP contribution in [0.4, 0.5) is 11.6 Å². The number of hydrazone groups is 1. The summed E-state index contributed by atoms with van der Waals surface area (Å²) in [6.45, 7) is 19.9. The van der Waals surface area contributed by atoms with E-state index in [2.05, 4.69) is 47.9 Å². The molecule has 1 saturated heterocycles. The highest BCUT2D eigenvalue weighted by Crippen LogP contribution is 2.32. The van der Waals surface area contributed by atoms with E-state index in [1.54, 1.807) is 0 Å². The maximum atomic E-state index is 6.06. The van der Waals surface area contributed by atoms with E-state index in [9.17, 15) is 0 Å². The van der Waals surface area contributed by atoms with Gasteiger partial charge in [-0.2, -0.15) is 15.1 Å². The lowest BCUT2D eigenvalue weighted by atomic mass is 9.76. The first kappa shape index (κ1) is 31.3. The smallest absolute Gasteiger partial charge is 0.320 e. The van der Waals surface area contributed by atoms with Gasteiger partial charge in [0, 0.05) is 50.4 Å². The van der Waals surface area contributed by atoms with Crippen molar-refractivity contribution in [2.45, 2.75) is 92.9 Å². The molecule has 37 heavy (non-hydrogen) atoms. The van der Waals surface area contributed by atoms with Gasteiger partial charge in [-0.25, -0.2) is 0 Å². The van der Waals surface area contributed by atoms with Gasteiger partial charge in [-0.05, 0) is 44.4 Å². The molecule has 1 saturated carbocycles. The molecular weight excluding hydrogens is 464 g/mol. The molecular formula is C29H54N6O2. The van der Waals surface area contributed by atoms with Crippen molar-refractivity contribution in [2.24, 2.45) is 16.9 Å². The van der Waals surface area contributed by atoms with Crippen molar-refractivity contribution in [1.82, 2.24) is 14.9 Å². The van der Waals surface area contributed by atoms with Crippen molar-refractivity contribution in [2.75, 3.05) is 62.9 Å². The predicted molar refractivity (Wildman–Crippen MR) is 156 cm³/mol. The van der Waals surface area contributed by atoms with Gasteiger partial charge in [0.05, 0.1) is 13.2 Å². The minimum absolute atomic E-state index is 0.426. The van der Waals surface area contributed by atoms with Gasteiger partial charge in [-0.15, -0.1) is 0 Å². The van der Waals surface area contributed by atoms with Gasteiger partial charge < -0.3 is 14.4 Å². The van der Waals surface area contributed by atoms with E-state index in [0.29, 0.717) is 30.3 Å². The highest BCUT2D eigenvalue weighted by molar-refractivity contribution is 5.88. The van der Waals surface area contributed by atoms with Crippen molar-refractivity contribution in [3.05, 3.63) is 6.07 Å². The van der Waals surface area contributed by atoms with Gasteiger partial charge in [0.1, 0.15) is 12.4 Å². The lowest BCUT2D eigenvalue weighted by Crippen LogP contribution is -2.38. The summed E-state index contributed by atoms with van der Waals surface area (Å²) in [4.78, 5) is 14.1. The molecule has 0 amide bonds. The topological polar surface area (TPSA) is 75.1 Å². The highest BCUT2D eigenvalue weighted by atomic mass is 16.5. The standard InChI is InChI=1S/C27H48N6O2.C2H6/c1-5-8-11-23-22(4)10-9-12-24(23)30-31-25-21-26(33(13-6-2)14-7-3)29-27(28-25)35-20-17-32-15-18-34-19-16-32;1-2/h21-23H,5-20H2,1-4H3,(H,28,29,31);1-2H3/b30-24+;/t22?,23-;/m0./s1. The summed E-state index contributed by atoms with van der Waals surface area (Å²) in [5.74, 6) is 2.89. The molecule has 1 aliphatic heterocycles. The van der Waals surface area contributed by atoms with Gasteiger partial charge in [-0.1, -0.05) is 54.4 Å². The van der Waals surface area contributed by atoms with Crippen molar-refractivity contribution in [1.29, 1.82) is 0 Å². The van der Waals surface area contributed by atoms with Crippen LogP contribution in [-0.2, 0) is 4.74 Å². The zero-order valence-corrected chi connectivity index (χ0v) is 24.6. The fourth-order valence-electron chi connectivity index (χ4n) is 5.13. The highest BCUT2D eigenvalue weighted by Gasteiger charge is 2.26. The monoisotopic (exact) mass is 518 g/mol. The number of nitrogens with zero attached hydrogens (tertiary/aromatic N) is 5. The Kier molecular flexibility index (Phi) is 15.5. The number of aromatic nitrogens is 2. The maximum absolute atomic E-state index is 6.06. The third-order valence-electron chi connectivity index (χ3n) is 7.14. The van der Waals surface area contributed by atoms with Crippen molar-refractivity contribution in [3.8, 4) is 6.01 Å². The summed E-state index contributed by atoms with van der Waals surface area (Å²) in [6, 6.07) is 2.45. The molecule has 1 aromatic heterocycles. The summed E-state index contributed by atoms with van der Waals surface area (Å²) < 4.78 is 11.5. The van der Waals surface area contributed by atoms with E-state index in [1.807, 2.05) is 19.9 Å². The van der Waals surface area contributed by atoms with Gasteiger partial charge in [-0.3, -0.25) is 10.3 Å². The number of hydrogen-bond donors (Lipinski definition) is 1. The second-order valence-corrected chi connectivity index (χ2v) is 10.0. The van der Waals surface area contributed by atoms with Gasteiger partial charge in [0.25, 0.3) is 0 Å². The van der Waals surface area contributed by atoms with Crippen molar-refractivity contribution < 1.29 is 9.47 Å². The molecule has 8 heteroatoms. The summed E-state index contributed by atoms with van der Waals surface area (Å²) in [5, 5.41) is 4.91. The number of unbranched alkanes of at least 4 members (excludes halogenated alkanes) is 1. The van der Waals surface area contributed by atoms with E-state index < -0.39 is 0 Å². The number of ether oxygens (including phenoxy) is 2. The first-order valence-electron chi connectivity index (χ1n) is 15.0. The summed E-state index contributed by atoms with van der Waals surface area (Å²) in [6.07, 6.45) is 9.45. The van der Waals surface area contributed by atoms with Crippen LogP contribution in [-0.4, -0.2) is 73.1 Å². The number of anilines is 2. The molecule has 2 aliphatic rings. The maximum Gasteiger partial charge on any atom is 0.320 e. The van der Waals surface area contributed by atoms with Crippen LogP contribution in [0.3, 0.4) is 0 Å². The first-order valence-corrected chi connectivity index (χ1v) is 15.0. The Morgan fingerprint density at radius 2 is 1.84 bits per heavy atom. The molecule has 1 N–H and O–H groups in total. The minimum Gasteiger partial charge on any atom is -0.462 e. The predicted octanol–water partition coefficient (Wildman–Crippen LogP) is 6.23. The number of hydrogen-bond acceptors (Lipinski definition) is 8. The molecule has 212 valence electrons. The van der Waals surface area contributed by atoms with E-state index in [4.69, 9.17) is 19.6 Å². The first-order chi connectivity index (χ1) is 18.1. The van der Waals surface area contributed by atoms with Crippen LogP contribution < -0.4 is 15.1 Å². The van der Waals surface area contributed by atoms with E-state index in [-0.39, 0.29) is 0 Å². The summed E-state index contributed by atoms with van der Waals surface area (Å²) >= 11 is 0. The zero-order chi connectivity index (χ0) is 26.9. The average Bonchev–Trinajstić information content (AvgIpc) is 2.93. The van der Waals surface area contributed by atoms with Crippen LogP contribution >= 0.6 is 0 Å². The van der Waals surface area contributed by atoms with Gasteiger partial charge >= 0.3 is 6.01 Å². The fraction of sp³-hybridized carbons (Fsp3) is 0.828. The molecule has 8 nitrogen and oxygen atoms in total. The van der Waals surface area contributed by atoms with Crippen LogP contribution in [0.1, 0.15) is 92.9 Å². The molecule has 1 aromatic rings. The molecule has 2 heterocycles. The molecule has 0 spiro atoms. The van der Waals surface area contributed by atoms with Crippen LogP contribution in [0.25, 0.3) is 0 Å². The quantitative estimate of drug-likeness (QED) is 0.292. The molecule has 0 radical (unpaired) electrons. The normalized spacial score (nSPS) is 21.3. The molecule has 0 aromatic carbocycles. The summed E-state index contributed by atoms with van der Waals surface area (Å²) in [5.41, 5.74) is 4.60. The third-order valence-corrected chi connectivity index (χ3v) is 7.14. The molecule has 3 rings (SSSR count). The van der Waals surface area contributed by atoms with Crippen LogP contribution in [0, 0.1) is 11.8 Å². The number of morpholine rings is 1. The van der Waals surface area contributed by atoms with E-state index in [0.717, 1.165) is 71.0 Å². The molecule has 2 atom stereocenters. The Balaban J connectivity index is 0.00000235. The van der Waals surface area contributed by atoms with Crippen LogP contribution in [0.5, 0.6) is 6.01 Å². The Bertz CT molecular complexity index is 763. The second-order valence-electron chi connectivity index (χ2n) is 10.0. The lowest BCUT2D eigenvalue weighted by molar-refractivity contribution is 0.0317. The fourth-order valence-corrected chi connectivity index (χ4v) is 5.13. The van der Waals surface area contributed by atoms with E-state index >= 15 is 0 Å². The summed E-state index contributed by atoms with van der Waals surface area (Å²) in [7, 11) is 0. The van der Waals surface area contributed by atoms with E-state index in [1.165, 1.54) is 37.8 Å². The molecule has 1 aliphatic carbocycles. The lowest BCUT2D eigenvalue weighted by Gasteiger charge is -2.30. The molecule has 1 unspecified atom stereocenters. The largest absolute Gasteiger partial charge is 0.462 e.